The minimum atomic E-state index is -0.398. The Balaban J connectivity index is 1.48. The number of methoxy groups -OCH3 is 2. The van der Waals surface area contributed by atoms with Gasteiger partial charge in [0, 0.05) is 28.6 Å². The van der Waals surface area contributed by atoms with E-state index in [1.165, 1.54) is 6.21 Å². The quantitative estimate of drug-likeness (QED) is 0.300. The van der Waals surface area contributed by atoms with Gasteiger partial charge in [0.25, 0.3) is 5.91 Å². The molecule has 0 spiro atoms. The molecule has 3 aromatic carbocycles. The molecule has 9 heteroatoms. The molecular weight excluding hydrogens is 470 g/mol. The Bertz CT molecular complexity index is 1470. The van der Waals surface area contributed by atoms with E-state index in [-0.39, 0.29) is 6.79 Å². The summed E-state index contributed by atoms with van der Waals surface area (Å²) in [6.07, 6.45) is 1.46. The number of ether oxygens (including phenoxy) is 4. The van der Waals surface area contributed by atoms with Crippen molar-refractivity contribution in [1.29, 1.82) is 0 Å². The number of para-hydroxylation sites is 1. The molecule has 176 valence electrons. The summed E-state index contributed by atoms with van der Waals surface area (Å²) in [5.41, 5.74) is 5.55. The molecule has 0 unspecified atom stereocenters. The van der Waals surface area contributed by atoms with E-state index in [0.717, 1.165) is 5.56 Å². The molecular formula is C26H20ClN3O5. The number of halogens is 1. The van der Waals surface area contributed by atoms with Crippen LogP contribution in [0.25, 0.3) is 22.2 Å². The van der Waals surface area contributed by atoms with Crippen molar-refractivity contribution >= 4 is 34.6 Å². The van der Waals surface area contributed by atoms with Gasteiger partial charge in [0.05, 0.1) is 42.2 Å². The Morgan fingerprint density at radius 2 is 1.86 bits per heavy atom. The van der Waals surface area contributed by atoms with Crippen LogP contribution in [0.2, 0.25) is 5.02 Å². The fourth-order valence-electron chi connectivity index (χ4n) is 3.76. The van der Waals surface area contributed by atoms with E-state index in [9.17, 15) is 4.79 Å². The predicted octanol–water partition coefficient (Wildman–Crippen LogP) is 5.07. The molecule has 8 nitrogen and oxygen atoms in total. The van der Waals surface area contributed by atoms with Gasteiger partial charge in [0.15, 0.2) is 11.5 Å². The van der Waals surface area contributed by atoms with Gasteiger partial charge in [0.1, 0.15) is 11.5 Å². The Labute approximate surface area is 206 Å². The largest absolute Gasteiger partial charge is 0.497 e. The van der Waals surface area contributed by atoms with Gasteiger partial charge in [-0.3, -0.25) is 4.79 Å². The first-order valence-electron chi connectivity index (χ1n) is 10.6. The van der Waals surface area contributed by atoms with Crippen LogP contribution >= 0.6 is 11.6 Å². The maximum atomic E-state index is 13.2. The second kappa shape index (κ2) is 9.52. The molecule has 0 radical (unpaired) electrons. The van der Waals surface area contributed by atoms with Crippen LogP contribution in [0.15, 0.2) is 65.8 Å². The maximum Gasteiger partial charge on any atom is 0.272 e. The summed E-state index contributed by atoms with van der Waals surface area (Å²) in [5.74, 6) is 1.97. The minimum absolute atomic E-state index is 0.138. The number of amides is 1. The normalized spacial score (nSPS) is 12.2. The van der Waals surface area contributed by atoms with Gasteiger partial charge in [-0.25, -0.2) is 10.4 Å². The summed E-state index contributed by atoms with van der Waals surface area (Å²) in [6.45, 7) is 0.138. The van der Waals surface area contributed by atoms with Crippen molar-refractivity contribution in [2.45, 2.75) is 0 Å². The highest BCUT2D eigenvalue weighted by Gasteiger charge is 2.18. The Morgan fingerprint density at radius 1 is 1.06 bits per heavy atom. The molecule has 2 heterocycles. The standard InChI is InChI=1S/C26H20ClN3O5/c1-32-16-7-8-18(23(10-16)33-2)22-11-19(17-5-3-4-6-21(17)29-22)26(31)30-28-13-15-9-24-25(12-20(15)27)35-14-34-24/h3-13H,14H2,1-2H3,(H,30,31). The van der Waals surface area contributed by atoms with Gasteiger partial charge in [-0.2, -0.15) is 5.10 Å². The van der Waals surface area contributed by atoms with Crippen molar-refractivity contribution < 1.29 is 23.7 Å². The summed E-state index contributed by atoms with van der Waals surface area (Å²) in [4.78, 5) is 17.9. The van der Waals surface area contributed by atoms with E-state index in [4.69, 9.17) is 35.5 Å². The topological polar surface area (TPSA) is 91.3 Å². The molecule has 5 rings (SSSR count). The van der Waals surface area contributed by atoms with E-state index in [1.54, 1.807) is 38.5 Å². The third-order valence-corrected chi connectivity index (χ3v) is 5.83. The fraction of sp³-hybridized carbons (Fsp3) is 0.115. The van der Waals surface area contributed by atoms with Gasteiger partial charge in [0.2, 0.25) is 6.79 Å². The number of carbonyl (C=O) groups excluding carboxylic acids is 1. The number of aromatic nitrogens is 1. The summed E-state index contributed by atoms with van der Waals surface area (Å²) in [5, 5.41) is 5.22. The maximum absolute atomic E-state index is 13.2. The summed E-state index contributed by atoms with van der Waals surface area (Å²) in [6, 6.07) is 17.9. The molecule has 4 aromatic rings. The van der Waals surface area contributed by atoms with E-state index in [1.807, 2.05) is 36.4 Å². The van der Waals surface area contributed by atoms with E-state index < -0.39 is 5.91 Å². The highest BCUT2D eigenvalue weighted by atomic mass is 35.5. The Kier molecular flexibility index (Phi) is 6.12. The number of rotatable bonds is 6. The third kappa shape index (κ3) is 4.43. The average molecular weight is 490 g/mol. The highest BCUT2D eigenvalue weighted by molar-refractivity contribution is 6.33. The van der Waals surface area contributed by atoms with Crippen LogP contribution in [0.4, 0.5) is 0 Å². The minimum Gasteiger partial charge on any atom is -0.497 e. The first-order valence-corrected chi connectivity index (χ1v) is 11.0. The number of benzene rings is 3. The van der Waals surface area contributed by atoms with Crippen LogP contribution in [0, 0.1) is 0 Å². The number of carbonyl (C=O) groups is 1. The smallest absolute Gasteiger partial charge is 0.272 e. The monoisotopic (exact) mass is 489 g/mol. The van der Waals surface area contributed by atoms with Crippen LogP contribution in [0.3, 0.4) is 0 Å². The lowest BCUT2D eigenvalue weighted by molar-refractivity contribution is 0.0956. The average Bonchev–Trinajstić information content (AvgIpc) is 3.34. The molecule has 1 N–H and O–H groups in total. The molecule has 0 atom stereocenters. The fourth-order valence-corrected chi connectivity index (χ4v) is 3.97. The van der Waals surface area contributed by atoms with Gasteiger partial charge in [-0.1, -0.05) is 29.8 Å². The molecule has 0 bridgehead atoms. The van der Waals surface area contributed by atoms with Crippen LogP contribution in [-0.4, -0.2) is 38.1 Å². The van der Waals surface area contributed by atoms with E-state index >= 15 is 0 Å². The van der Waals surface area contributed by atoms with Crippen LogP contribution in [0.5, 0.6) is 23.0 Å². The SMILES string of the molecule is COc1ccc(-c2cc(C(=O)NN=Cc3cc4c(cc3Cl)OCO4)c3ccccc3n2)c(OC)c1. The van der Waals surface area contributed by atoms with Crippen molar-refractivity contribution in [2.75, 3.05) is 21.0 Å². The second-order valence-electron chi connectivity index (χ2n) is 7.56. The zero-order valence-electron chi connectivity index (χ0n) is 18.9. The molecule has 0 saturated heterocycles. The number of hydrogen-bond acceptors (Lipinski definition) is 7. The van der Waals surface area contributed by atoms with E-state index in [0.29, 0.717) is 55.7 Å². The summed E-state index contributed by atoms with van der Waals surface area (Å²) in [7, 11) is 3.16. The number of nitrogens with zero attached hydrogens (tertiary/aromatic N) is 2. The summed E-state index contributed by atoms with van der Waals surface area (Å²) < 4.78 is 21.5. The lowest BCUT2D eigenvalue weighted by Crippen LogP contribution is -2.18. The molecule has 0 aliphatic carbocycles. The van der Waals surface area contributed by atoms with Gasteiger partial charge in [-0.05, 0) is 30.3 Å². The molecule has 0 saturated carbocycles. The molecule has 1 aliphatic heterocycles. The van der Waals surface area contributed by atoms with Crippen molar-refractivity contribution in [3.05, 3.63) is 76.8 Å². The van der Waals surface area contributed by atoms with Gasteiger partial charge < -0.3 is 18.9 Å². The van der Waals surface area contributed by atoms with Crippen LogP contribution in [-0.2, 0) is 0 Å². The third-order valence-electron chi connectivity index (χ3n) is 5.51. The number of hydrogen-bond donors (Lipinski definition) is 1. The predicted molar refractivity (Wildman–Crippen MR) is 133 cm³/mol. The lowest BCUT2D eigenvalue weighted by Gasteiger charge is -2.12. The number of fused-ring (bicyclic) bond motifs is 2. The van der Waals surface area contributed by atoms with Gasteiger partial charge >= 0.3 is 0 Å². The number of hydrazone groups is 1. The Hall–Kier alpha value is -4.30. The highest BCUT2D eigenvalue weighted by Crippen LogP contribution is 2.36. The second-order valence-corrected chi connectivity index (χ2v) is 7.97. The first-order chi connectivity index (χ1) is 17.1. The van der Waals surface area contributed by atoms with Crippen molar-refractivity contribution in [3.8, 4) is 34.3 Å². The number of nitrogens with one attached hydrogen (secondary N) is 1. The van der Waals surface area contributed by atoms with Crippen molar-refractivity contribution in [1.82, 2.24) is 10.4 Å². The first kappa shape index (κ1) is 22.5. The number of pyridine rings is 1. The van der Waals surface area contributed by atoms with E-state index in [2.05, 4.69) is 10.5 Å². The Morgan fingerprint density at radius 3 is 2.66 bits per heavy atom. The van der Waals surface area contributed by atoms with Crippen molar-refractivity contribution in [3.63, 3.8) is 0 Å². The molecule has 1 amide bonds. The summed E-state index contributed by atoms with van der Waals surface area (Å²) >= 11 is 6.29. The lowest BCUT2D eigenvalue weighted by atomic mass is 10.0. The van der Waals surface area contributed by atoms with Crippen LogP contribution in [0.1, 0.15) is 15.9 Å². The molecule has 0 fully saturated rings. The van der Waals surface area contributed by atoms with Gasteiger partial charge in [-0.15, -0.1) is 0 Å². The zero-order chi connectivity index (χ0) is 24.4. The zero-order valence-corrected chi connectivity index (χ0v) is 19.6. The van der Waals surface area contributed by atoms with Crippen LogP contribution < -0.4 is 24.4 Å². The van der Waals surface area contributed by atoms with Crippen molar-refractivity contribution in [2.24, 2.45) is 5.10 Å². The molecule has 35 heavy (non-hydrogen) atoms. The molecule has 1 aromatic heterocycles. The molecule has 1 aliphatic rings.